The first-order valence-corrected chi connectivity index (χ1v) is 10.9. The number of H-pyrrole nitrogens is 1. The van der Waals surface area contributed by atoms with Crippen LogP contribution in [0.1, 0.15) is 35.3 Å². The lowest BCUT2D eigenvalue weighted by atomic mass is 10.1. The molecular weight excluding hydrogens is 414 g/mol. The maximum atomic E-state index is 12.5. The summed E-state index contributed by atoms with van der Waals surface area (Å²) in [6, 6.07) is 10.7. The number of hydrogen-bond donors (Lipinski definition) is 1. The Balaban J connectivity index is 1.70. The Hall–Kier alpha value is -3.32. The molecule has 0 fully saturated rings. The van der Waals surface area contributed by atoms with E-state index in [9.17, 15) is 9.59 Å². The third-order valence-corrected chi connectivity index (χ3v) is 5.90. The molecule has 0 aliphatic carbocycles. The highest BCUT2D eigenvalue weighted by molar-refractivity contribution is 7.07. The second kappa shape index (κ2) is 8.81. The van der Waals surface area contributed by atoms with Crippen molar-refractivity contribution in [3.05, 3.63) is 72.6 Å². The van der Waals surface area contributed by atoms with Gasteiger partial charge in [0.05, 0.1) is 22.9 Å². The number of methoxy groups -OCH3 is 1. The summed E-state index contributed by atoms with van der Waals surface area (Å²) in [7, 11) is 1.57. The van der Waals surface area contributed by atoms with Crippen LogP contribution in [0.3, 0.4) is 0 Å². The van der Waals surface area contributed by atoms with Crippen molar-refractivity contribution in [2.75, 3.05) is 13.7 Å². The molecule has 1 aliphatic rings. The third kappa shape index (κ3) is 4.56. The molecule has 4 rings (SSSR count). The second-order valence-corrected chi connectivity index (χ2v) is 8.31. The number of rotatable bonds is 6. The molecule has 0 saturated carbocycles. The minimum absolute atomic E-state index is 0.120. The van der Waals surface area contributed by atoms with Gasteiger partial charge in [0.15, 0.2) is 5.78 Å². The lowest BCUT2D eigenvalue weighted by Crippen LogP contribution is -2.20. The number of thiazole rings is 1. The standard InChI is InChI=1S/C24H23NO5S/c1-4-29-20-10-16-9-14(2)30-21(16)11-17(20)12-22-24(27)25-23(31-22)13-19(26)15-5-7-18(28-3)8-6-15/h5-8,10-14H,4,9H2,1-3H3,(H,25,27)/b22-12-,23-13-. The zero-order valence-corrected chi connectivity index (χ0v) is 18.4. The lowest BCUT2D eigenvalue weighted by Gasteiger charge is -2.09. The minimum atomic E-state index is -0.254. The smallest absolute Gasteiger partial charge is 0.266 e. The van der Waals surface area contributed by atoms with E-state index >= 15 is 0 Å². The number of aromatic nitrogens is 1. The zero-order valence-electron chi connectivity index (χ0n) is 17.6. The van der Waals surface area contributed by atoms with Crippen LogP contribution in [0.4, 0.5) is 0 Å². The molecule has 3 aromatic rings. The van der Waals surface area contributed by atoms with Crippen LogP contribution in [-0.2, 0) is 6.42 Å². The largest absolute Gasteiger partial charge is 0.497 e. The molecule has 1 atom stereocenters. The van der Waals surface area contributed by atoms with Crippen molar-refractivity contribution in [1.29, 1.82) is 0 Å². The van der Waals surface area contributed by atoms with Gasteiger partial charge in [-0.25, -0.2) is 0 Å². The first-order valence-electron chi connectivity index (χ1n) is 10.0. The third-order valence-electron chi connectivity index (χ3n) is 4.93. The summed E-state index contributed by atoms with van der Waals surface area (Å²) in [4.78, 5) is 27.8. The summed E-state index contributed by atoms with van der Waals surface area (Å²) < 4.78 is 17.7. The fourth-order valence-corrected chi connectivity index (χ4v) is 4.35. The SMILES string of the molecule is CCOc1cc2c(cc1/C=c1\s/c(=C\C(=O)c3ccc(OC)cc3)[nH]c1=O)OC(C)C2. The highest BCUT2D eigenvalue weighted by Gasteiger charge is 2.21. The van der Waals surface area contributed by atoms with Gasteiger partial charge in [0.2, 0.25) is 0 Å². The van der Waals surface area contributed by atoms with Gasteiger partial charge in [-0.3, -0.25) is 9.59 Å². The number of nitrogens with one attached hydrogen (secondary N) is 1. The average Bonchev–Trinajstić information content (AvgIpc) is 3.28. The van der Waals surface area contributed by atoms with Crippen molar-refractivity contribution in [2.45, 2.75) is 26.4 Å². The molecule has 2 heterocycles. The Bertz CT molecular complexity index is 1290. The average molecular weight is 438 g/mol. The molecule has 0 radical (unpaired) electrons. The van der Waals surface area contributed by atoms with Crippen molar-refractivity contribution in [3.8, 4) is 17.2 Å². The molecule has 0 amide bonds. The van der Waals surface area contributed by atoms with E-state index in [1.54, 1.807) is 37.5 Å². The summed E-state index contributed by atoms with van der Waals surface area (Å²) in [6.07, 6.45) is 4.16. The van der Waals surface area contributed by atoms with Crippen LogP contribution in [0.5, 0.6) is 17.2 Å². The van der Waals surface area contributed by atoms with Gasteiger partial charge in [0.25, 0.3) is 5.56 Å². The Morgan fingerprint density at radius 1 is 1.29 bits per heavy atom. The number of Topliss-reactive ketones (excluding diaryl/α,β-unsaturated/α-hetero) is 1. The monoisotopic (exact) mass is 437 g/mol. The maximum absolute atomic E-state index is 12.5. The number of hydrogen-bond acceptors (Lipinski definition) is 6. The summed E-state index contributed by atoms with van der Waals surface area (Å²) in [5, 5.41) is 0. The molecule has 31 heavy (non-hydrogen) atoms. The van der Waals surface area contributed by atoms with Crippen LogP contribution in [0.15, 0.2) is 41.2 Å². The van der Waals surface area contributed by atoms with Crippen LogP contribution < -0.4 is 29.0 Å². The topological polar surface area (TPSA) is 77.6 Å². The lowest BCUT2D eigenvalue weighted by molar-refractivity contribution is 0.106. The summed E-state index contributed by atoms with van der Waals surface area (Å²) in [6.45, 7) is 4.47. The van der Waals surface area contributed by atoms with Crippen molar-refractivity contribution in [2.24, 2.45) is 0 Å². The van der Waals surface area contributed by atoms with Gasteiger partial charge < -0.3 is 19.2 Å². The van der Waals surface area contributed by atoms with E-state index in [1.807, 2.05) is 26.0 Å². The molecule has 0 saturated heterocycles. The number of aromatic amines is 1. The molecule has 160 valence electrons. The molecule has 1 aliphatic heterocycles. The quantitative estimate of drug-likeness (QED) is 0.600. The van der Waals surface area contributed by atoms with E-state index in [0.717, 1.165) is 23.3 Å². The first kappa shape index (κ1) is 20.9. The number of benzene rings is 2. The predicted octanol–water partition coefficient (Wildman–Crippen LogP) is 2.66. The molecule has 1 N–H and O–H groups in total. The molecule has 1 unspecified atom stereocenters. The van der Waals surface area contributed by atoms with Gasteiger partial charge in [-0.05, 0) is 56.3 Å². The number of carbonyl (C=O) groups is 1. The molecule has 6 nitrogen and oxygen atoms in total. The van der Waals surface area contributed by atoms with Crippen molar-refractivity contribution in [3.63, 3.8) is 0 Å². The number of carbonyl (C=O) groups excluding carboxylic acids is 1. The minimum Gasteiger partial charge on any atom is -0.497 e. The fraction of sp³-hybridized carbons (Fsp3) is 0.250. The van der Waals surface area contributed by atoms with Gasteiger partial charge >= 0.3 is 0 Å². The van der Waals surface area contributed by atoms with Crippen LogP contribution in [0.25, 0.3) is 12.2 Å². The van der Waals surface area contributed by atoms with Gasteiger partial charge in [0.1, 0.15) is 23.4 Å². The highest BCUT2D eigenvalue weighted by atomic mass is 32.1. The van der Waals surface area contributed by atoms with Crippen LogP contribution in [0.2, 0.25) is 0 Å². The molecule has 0 bridgehead atoms. The molecule has 0 spiro atoms. The molecule has 2 aromatic carbocycles. The summed E-state index contributed by atoms with van der Waals surface area (Å²) in [5.74, 6) is 2.01. The number of ether oxygens (including phenoxy) is 3. The maximum Gasteiger partial charge on any atom is 0.266 e. The van der Waals surface area contributed by atoms with E-state index in [-0.39, 0.29) is 17.4 Å². The van der Waals surface area contributed by atoms with E-state index < -0.39 is 0 Å². The van der Waals surface area contributed by atoms with Gasteiger partial charge in [-0.1, -0.05) is 0 Å². The van der Waals surface area contributed by atoms with Gasteiger partial charge in [0, 0.05) is 29.2 Å². The van der Waals surface area contributed by atoms with Crippen LogP contribution in [0, 0.1) is 0 Å². The number of ketones is 1. The molecule has 7 heteroatoms. The highest BCUT2D eigenvalue weighted by Crippen LogP contribution is 2.35. The zero-order chi connectivity index (χ0) is 22.0. The van der Waals surface area contributed by atoms with Crippen LogP contribution in [-0.4, -0.2) is 30.6 Å². The normalized spacial score (nSPS) is 16.2. The predicted molar refractivity (Wildman–Crippen MR) is 121 cm³/mol. The van der Waals surface area contributed by atoms with Crippen molar-refractivity contribution < 1.29 is 19.0 Å². The van der Waals surface area contributed by atoms with Crippen LogP contribution >= 0.6 is 11.3 Å². The van der Waals surface area contributed by atoms with Crippen molar-refractivity contribution >= 4 is 29.3 Å². The summed E-state index contributed by atoms with van der Waals surface area (Å²) in [5.41, 5.74) is 2.14. The van der Waals surface area contributed by atoms with E-state index in [4.69, 9.17) is 14.2 Å². The molecule has 1 aromatic heterocycles. The first-order chi connectivity index (χ1) is 15.0. The Morgan fingerprint density at radius 2 is 2.06 bits per heavy atom. The van der Waals surface area contributed by atoms with E-state index in [1.165, 1.54) is 17.4 Å². The van der Waals surface area contributed by atoms with E-state index in [0.29, 0.717) is 32.9 Å². The van der Waals surface area contributed by atoms with Gasteiger partial charge in [-0.15, -0.1) is 11.3 Å². The fourth-order valence-electron chi connectivity index (χ4n) is 3.47. The van der Waals surface area contributed by atoms with Gasteiger partial charge in [-0.2, -0.15) is 0 Å². The van der Waals surface area contributed by atoms with Crippen molar-refractivity contribution in [1.82, 2.24) is 4.98 Å². The van der Waals surface area contributed by atoms with E-state index in [2.05, 4.69) is 4.98 Å². The second-order valence-electron chi connectivity index (χ2n) is 7.23. The summed E-state index contributed by atoms with van der Waals surface area (Å²) >= 11 is 1.22. The Labute approximate surface area is 183 Å². The Morgan fingerprint density at radius 3 is 2.77 bits per heavy atom. The molecular formula is C24H23NO5S. The Kier molecular flexibility index (Phi) is 5.95. The number of fused-ring (bicyclic) bond motifs is 1.